The zero-order chi connectivity index (χ0) is 10.3. The van der Waals surface area contributed by atoms with Gasteiger partial charge in [0.25, 0.3) is 0 Å². The van der Waals surface area contributed by atoms with Crippen LogP contribution in [0.15, 0.2) is 23.8 Å². The molecular formula is C6H6F6. The van der Waals surface area contributed by atoms with Crippen LogP contribution < -0.4 is 0 Å². The first-order chi connectivity index (χ1) is 5.29. The molecule has 0 unspecified atom stereocenters. The lowest BCUT2D eigenvalue weighted by molar-refractivity contribution is 0.380. The van der Waals surface area contributed by atoms with Crippen LogP contribution in [0.25, 0.3) is 0 Å². The molecule has 72 valence electrons. The van der Waals surface area contributed by atoms with Gasteiger partial charge in [-0.2, -0.15) is 17.6 Å². The van der Waals surface area contributed by atoms with Crippen molar-refractivity contribution in [2.75, 3.05) is 0 Å². The van der Waals surface area contributed by atoms with Crippen molar-refractivity contribution in [2.45, 2.75) is 13.8 Å². The van der Waals surface area contributed by atoms with Crippen molar-refractivity contribution >= 4 is 0 Å². The summed E-state index contributed by atoms with van der Waals surface area (Å²) >= 11 is 0. The van der Waals surface area contributed by atoms with E-state index < -0.39 is 23.8 Å². The Morgan fingerprint density at radius 3 is 0.667 bits per heavy atom. The van der Waals surface area contributed by atoms with E-state index in [0.717, 1.165) is 0 Å². The summed E-state index contributed by atoms with van der Waals surface area (Å²) in [5, 5.41) is 0. The Balaban J connectivity index is 0. The van der Waals surface area contributed by atoms with Gasteiger partial charge in [0.2, 0.25) is 0 Å². The molecule has 0 rings (SSSR count). The highest BCUT2D eigenvalue weighted by Crippen LogP contribution is 2.06. The molecule has 0 amide bonds. The molecule has 0 bridgehead atoms. The molecule has 0 aromatic heterocycles. The van der Waals surface area contributed by atoms with Crippen LogP contribution in [0.2, 0.25) is 0 Å². The molecule has 0 saturated carbocycles. The lowest BCUT2D eigenvalue weighted by atomic mass is 10.7. The topological polar surface area (TPSA) is 0 Å². The van der Waals surface area contributed by atoms with Gasteiger partial charge in [-0.3, -0.25) is 0 Å². The molecule has 0 radical (unpaired) electrons. The van der Waals surface area contributed by atoms with Gasteiger partial charge in [-0.25, -0.2) is 8.78 Å². The Kier molecular flexibility index (Phi) is 7.67. The van der Waals surface area contributed by atoms with E-state index in [0.29, 0.717) is 13.8 Å². The van der Waals surface area contributed by atoms with Gasteiger partial charge in [0, 0.05) is 0 Å². The maximum absolute atomic E-state index is 11.0. The fourth-order valence-electron chi connectivity index (χ4n) is 0. The molecule has 12 heavy (non-hydrogen) atoms. The zero-order valence-corrected chi connectivity index (χ0v) is 6.27. The summed E-state index contributed by atoms with van der Waals surface area (Å²) < 4.78 is 64.6. The van der Waals surface area contributed by atoms with E-state index in [1.54, 1.807) is 0 Å². The molecule has 0 atom stereocenters. The summed E-state index contributed by atoms with van der Waals surface area (Å²) in [5.41, 5.74) is 0. The van der Waals surface area contributed by atoms with Crippen LogP contribution in [0, 0.1) is 0 Å². The first kappa shape index (κ1) is 13.6. The van der Waals surface area contributed by atoms with Gasteiger partial charge in [0.15, 0.2) is 11.7 Å². The van der Waals surface area contributed by atoms with Gasteiger partial charge in [-0.1, -0.05) is 0 Å². The molecule has 0 saturated heterocycles. The van der Waals surface area contributed by atoms with Crippen LogP contribution >= 0.6 is 0 Å². The molecule has 0 aromatic rings. The Labute approximate surface area is 65.2 Å². The van der Waals surface area contributed by atoms with E-state index in [1.165, 1.54) is 0 Å². The fraction of sp³-hybridized carbons (Fsp3) is 0.333. The molecule has 0 aliphatic heterocycles. The van der Waals surface area contributed by atoms with E-state index in [-0.39, 0.29) is 0 Å². The molecule has 6 heteroatoms. The Hall–Kier alpha value is -0.940. The molecule has 0 aromatic carbocycles. The minimum atomic E-state index is -2.24. The minimum Gasteiger partial charge on any atom is -0.206 e. The second-order valence-electron chi connectivity index (χ2n) is 1.59. The third-order valence-electron chi connectivity index (χ3n) is 0.521. The number of rotatable bonds is 0. The maximum Gasteiger partial charge on any atom is 0.301 e. The summed E-state index contributed by atoms with van der Waals surface area (Å²) in [5.74, 6) is -2.81. The smallest absolute Gasteiger partial charge is 0.206 e. The van der Waals surface area contributed by atoms with Crippen LogP contribution in [-0.2, 0) is 0 Å². The molecule has 0 fully saturated rings. The summed E-state index contributed by atoms with van der Waals surface area (Å²) in [6.45, 7) is 1.41. The first-order valence-electron chi connectivity index (χ1n) is 2.63. The summed E-state index contributed by atoms with van der Waals surface area (Å²) in [6.07, 6.45) is -4.48. The van der Waals surface area contributed by atoms with Gasteiger partial charge < -0.3 is 0 Å². The predicted octanol–water partition coefficient (Wildman–Crippen LogP) is 4.17. The highest BCUT2D eigenvalue weighted by Gasteiger charge is 1.92. The zero-order valence-electron chi connectivity index (χ0n) is 6.27. The van der Waals surface area contributed by atoms with Crippen molar-refractivity contribution in [2.24, 2.45) is 0 Å². The van der Waals surface area contributed by atoms with E-state index in [4.69, 9.17) is 0 Å². The third kappa shape index (κ3) is 11.8. The van der Waals surface area contributed by atoms with Crippen molar-refractivity contribution in [1.82, 2.24) is 0 Å². The van der Waals surface area contributed by atoms with Gasteiger partial charge in [0.1, 0.15) is 0 Å². The van der Waals surface area contributed by atoms with E-state index in [9.17, 15) is 26.3 Å². The van der Waals surface area contributed by atoms with Crippen molar-refractivity contribution in [3.8, 4) is 0 Å². The van der Waals surface area contributed by atoms with Crippen molar-refractivity contribution in [1.29, 1.82) is 0 Å². The maximum atomic E-state index is 11.0. The Bertz CT molecular complexity index is 134. The van der Waals surface area contributed by atoms with Crippen LogP contribution in [0.1, 0.15) is 13.8 Å². The number of halogens is 6. The predicted molar refractivity (Wildman–Crippen MR) is 32.0 cm³/mol. The Morgan fingerprint density at radius 2 is 0.667 bits per heavy atom. The van der Waals surface area contributed by atoms with Crippen molar-refractivity contribution in [3.63, 3.8) is 0 Å². The SMILES string of the molecule is CC(F)=C(F)F.CC(F)=C(F)F. The lowest BCUT2D eigenvalue weighted by Crippen LogP contribution is -1.59. The molecule has 0 nitrogen and oxygen atoms in total. The monoisotopic (exact) mass is 192 g/mol. The quantitative estimate of drug-likeness (QED) is 0.505. The molecule has 0 aliphatic rings. The highest BCUT2D eigenvalue weighted by molar-refractivity contribution is 4.85. The van der Waals surface area contributed by atoms with Crippen LogP contribution in [-0.4, -0.2) is 0 Å². The first-order valence-corrected chi connectivity index (χ1v) is 2.63. The molecule has 0 N–H and O–H groups in total. The van der Waals surface area contributed by atoms with E-state index >= 15 is 0 Å². The number of hydrogen-bond donors (Lipinski definition) is 0. The van der Waals surface area contributed by atoms with Gasteiger partial charge in [0.05, 0.1) is 0 Å². The Morgan fingerprint density at radius 1 is 0.583 bits per heavy atom. The average molecular weight is 192 g/mol. The van der Waals surface area contributed by atoms with Crippen LogP contribution in [0.3, 0.4) is 0 Å². The third-order valence-corrected chi connectivity index (χ3v) is 0.521. The summed E-state index contributed by atoms with van der Waals surface area (Å²) in [7, 11) is 0. The molecule has 0 aliphatic carbocycles. The largest absolute Gasteiger partial charge is 0.301 e. The molecule has 0 heterocycles. The normalized spacial score (nSPS) is 8.00. The average Bonchev–Trinajstić information content (AvgIpc) is 1.88. The minimum absolute atomic E-state index is 0.704. The van der Waals surface area contributed by atoms with Crippen LogP contribution in [0.5, 0.6) is 0 Å². The van der Waals surface area contributed by atoms with Gasteiger partial charge in [-0.15, -0.1) is 0 Å². The fourth-order valence-corrected chi connectivity index (χ4v) is 0. The molecular weight excluding hydrogens is 186 g/mol. The summed E-state index contributed by atoms with van der Waals surface area (Å²) in [4.78, 5) is 0. The van der Waals surface area contributed by atoms with Gasteiger partial charge in [-0.05, 0) is 13.8 Å². The standard InChI is InChI=1S/2C3H3F3/c2*1-2(4)3(5)6/h2*1H3. The van der Waals surface area contributed by atoms with Crippen molar-refractivity contribution in [3.05, 3.63) is 23.8 Å². The molecule has 0 spiro atoms. The van der Waals surface area contributed by atoms with Gasteiger partial charge >= 0.3 is 12.2 Å². The second-order valence-corrected chi connectivity index (χ2v) is 1.59. The van der Waals surface area contributed by atoms with E-state index in [2.05, 4.69) is 0 Å². The summed E-state index contributed by atoms with van der Waals surface area (Å²) in [6, 6.07) is 0. The van der Waals surface area contributed by atoms with E-state index in [1.807, 2.05) is 0 Å². The second kappa shape index (κ2) is 6.75. The lowest BCUT2D eigenvalue weighted by Gasteiger charge is -1.73. The number of allylic oxidation sites excluding steroid dienone is 2. The highest BCUT2D eigenvalue weighted by atomic mass is 19.3. The van der Waals surface area contributed by atoms with Crippen molar-refractivity contribution < 1.29 is 26.3 Å². The number of hydrogen-bond acceptors (Lipinski definition) is 0. The van der Waals surface area contributed by atoms with Crippen LogP contribution in [0.4, 0.5) is 26.3 Å².